The zero-order valence-corrected chi connectivity index (χ0v) is 29.5. The van der Waals surface area contributed by atoms with Gasteiger partial charge in [0.1, 0.15) is 5.75 Å². The Hall–Kier alpha value is -6.04. The molecule has 256 valence electrons. The van der Waals surface area contributed by atoms with Crippen LogP contribution in [0.25, 0.3) is 0 Å². The monoisotopic (exact) mass is 698 g/mol. The maximum Gasteiger partial charge on any atom is 0.201 e. The van der Waals surface area contributed by atoms with E-state index in [2.05, 4.69) is 48.5 Å². The third kappa shape index (κ3) is 7.09. The number of ketones is 1. The first-order valence-corrected chi connectivity index (χ1v) is 19.0. The summed E-state index contributed by atoms with van der Waals surface area (Å²) in [5.74, 6) is -0.167. The SMILES string of the molecule is O=C(COc1ccccc1)c1c(S(=O)(=O)Cc2ccccc2)ccc(Cc2ccccc2)c1C(c1ccccc1)(c1ccccc1)c1ccccc1. The Kier molecular flexibility index (Phi) is 10.2. The van der Waals surface area contributed by atoms with E-state index in [4.69, 9.17) is 4.74 Å². The summed E-state index contributed by atoms with van der Waals surface area (Å²) in [7, 11) is -4.07. The molecule has 0 amide bonds. The van der Waals surface area contributed by atoms with Crippen molar-refractivity contribution in [3.63, 3.8) is 0 Å². The lowest BCUT2D eigenvalue weighted by atomic mass is 9.62. The molecular weight excluding hydrogens is 661 g/mol. The normalized spacial score (nSPS) is 11.5. The van der Waals surface area contributed by atoms with Crippen LogP contribution in [-0.4, -0.2) is 20.8 Å². The van der Waals surface area contributed by atoms with Gasteiger partial charge in [0.2, 0.25) is 5.78 Å². The zero-order valence-electron chi connectivity index (χ0n) is 28.6. The van der Waals surface area contributed by atoms with Crippen LogP contribution in [0.3, 0.4) is 0 Å². The molecule has 7 aromatic carbocycles. The zero-order chi connectivity index (χ0) is 35.8. The van der Waals surface area contributed by atoms with Crippen LogP contribution in [0.1, 0.15) is 49.3 Å². The Morgan fingerprint density at radius 2 is 0.923 bits per heavy atom. The highest BCUT2D eigenvalue weighted by atomic mass is 32.2. The van der Waals surface area contributed by atoms with Crippen molar-refractivity contribution >= 4 is 15.6 Å². The third-order valence-corrected chi connectivity index (χ3v) is 11.1. The first-order chi connectivity index (χ1) is 25.5. The molecule has 52 heavy (non-hydrogen) atoms. The topological polar surface area (TPSA) is 60.4 Å². The molecule has 0 unspecified atom stereocenters. The summed E-state index contributed by atoms with van der Waals surface area (Å²) >= 11 is 0. The molecule has 0 atom stereocenters. The highest BCUT2D eigenvalue weighted by molar-refractivity contribution is 7.90. The second kappa shape index (κ2) is 15.5. The van der Waals surface area contributed by atoms with E-state index in [0.29, 0.717) is 23.3 Å². The number of hydrogen-bond acceptors (Lipinski definition) is 4. The number of carbonyl (C=O) groups excluding carboxylic acids is 1. The minimum absolute atomic E-state index is 0.0167. The van der Waals surface area contributed by atoms with Crippen molar-refractivity contribution in [1.82, 2.24) is 0 Å². The molecule has 0 spiro atoms. The summed E-state index contributed by atoms with van der Waals surface area (Å²) in [4.78, 5) is 15.1. The summed E-state index contributed by atoms with van der Waals surface area (Å²) < 4.78 is 35.6. The van der Waals surface area contributed by atoms with Gasteiger partial charge in [0, 0.05) is 5.56 Å². The standard InChI is InChI=1S/C47H38O4S/c48-43(34-51-42-29-17-6-18-30-42)45-44(52(49,50)35-37-21-9-2-10-22-37)32-31-38(33-36-19-7-1-8-20-36)46(45)47(39-23-11-3-12-24-39,40-25-13-4-14-26-40)41-27-15-5-16-28-41/h1-32H,33-35H2. The number of sulfone groups is 1. The predicted octanol–water partition coefficient (Wildman–Crippen LogP) is 9.90. The van der Waals surface area contributed by atoms with Crippen molar-refractivity contribution in [3.8, 4) is 5.75 Å². The van der Waals surface area contributed by atoms with E-state index in [9.17, 15) is 8.42 Å². The van der Waals surface area contributed by atoms with Gasteiger partial charge in [0.25, 0.3) is 0 Å². The van der Waals surface area contributed by atoms with E-state index >= 15 is 4.79 Å². The number of benzene rings is 7. The number of carbonyl (C=O) groups is 1. The number of ether oxygens (including phenoxy) is 1. The Morgan fingerprint density at radius 1 is 0.500 bits per heavy atom. The molecule has 0 bridgehead atoms. The smallest absolute Gasteiger partial charge is 0.201 e. The number of para-hydroxylation sites is 1. The molecule has 5 heteroatoms. The van der Waals surface area contributed by atoms with Gasteiger partial charge >= 0.3 is 0 Å². The molecule has 0 aliphatic carbocycles. The first-order valence-electron chi connectivity index (χ1n) is 17.3. The molecule has 0 fully saturated rings. The van der Waals surface area contributed by atoms with Gasteiger partial charge in [0.15, 0.2) is 16.4 Å². The molecule has 7 rings (SSSR count). The van der Waals surface area contributed by atoms with E-state index in [1.165, 1.54) is 0 Å². The molecular formula is C47H38O4S. The molecule has 0 saturated carbocycles. The average Bonchev–Trinajstić information content (AvgIpc) is 3.20. The fourth-order valence-corrected chi connectivity index (χ4v) is 8.75. The van der Waals surface area contributed by atoms with E-state index < -0.39 is 21.0 Å². The molecule has 0 aliphatic heterocycles. The summed E-state index contributed by atoms with van der Waals surface area (Å²) in [5.41, 5.74) is 4.86. The van der Waals surface area contributed by atoms with Gasteiger partial charge in [-0.1, -0.05) is 176 Å². The molecule has 7 aromatic rings. The second-order valence-corrected chi connectivity index (χ2v) is 14.7. The lowest BCUT2D eigenvalue weighted by Gasteiger charge is -2.40. The van der Waals surface area contributed by atoms with Crippen molar-refractivity contribution in [2.24, 2.45) is 0 Å². The van der Waals surface area contributed by atoms with Crippen molar-refractivity contribution < 1.29 is 17.9 Å². The van der Waals surface area contributed by atoms with E-state index in [0.717, 1.165) is 27.8 Å². The number of hydrogen-bond donors (Lipinski definition) is 0. The van der Waals surface area contributed by atoms with Crippen LogP contribution >= 0.6 is 0 Å². The predicted molar refractivity (Wildman–Crippen MR) is 208 cm³/mol. The van der Waals surface area contributed by atoms with Crippen LogP contribution in [0, 0.1) is 0 Å². The summed E-state index contributed by atoms with van der Waals surface area (Å²) in [6, 6.07) is 62.0. The van der Waals surface area contributed by atoms with Gasteiger partial charge in [-0.15, -0.1) is 0 Å². The van der Waals surface area contributed by atoms with Crippen molar-refractivity contribution in [1.29, 1.82) is 0 Å². The molecule has 0 aliphatic rings. The van der Waals surface area contributed by atoms with E-state index in [1.54, 1.807) is 30.3 Å². The fourth-order valence-electron chi connectivity index (χ4n) is 7.16. The number of rotatable bonds is 13. The molecule has 0 aromatic heterocycles. The molecule has 0 N–H and O–H groups in total. The van der Waals surface area contributed by atoms with Gasteiger partial charge in [-0.2, -0.15) is 0 Å². The largest absolute Gasteiger partial charge is 0.485 e. The van der Waals surface area contributed by atoms with Gasteiger partial charge in [-0.3, -0.25) is 4.79 Å². The molecule has 0 heterocycles. The Labute approximate surface area is 305 Å². The lowest BCUT2D eigenvalue weighted by Crippen LogP contribution is -2.36. The van der Waals surface area contributed by atoms with Gasteiger partial charge < -0.3 is 4.74 Å². The maximum absolute atomic E-state index is 15.1. The van der Waals surface area contributed by atoms with E-state index in [-0.39, 0.29) is 22.8 Å². The minimum atomic E-state index is -4.07. The molecule has 0 saturated heterocycles. The van der Waals surface area contributed by atoms with Gasteiger partial charge in [0.05, 0.1) is 16.1 Å². The Balaban J connectivity index is 1.61. The van der Waals surface area contributed by atoms with Gasteiger partial charge in [-0.05, 0) is 63.6 Å². The van der Waals surface area contributed by atoms with Gasteiger partial charge in [-0.25, -0.2) is 8.42 Å². The van der Waals surface area contributed by atoms with Crippen LogP contribution in [-0.2, 0) is 27.4 Å². The fraction of sp³-hybridized carbons (Fsp3) is 0.0851. The summed E-state index contributed by atoms with van der Waals surface area (Å²) in [6.07, 6.45) is 0.462. The van der Waals surface area contributed by atoms with Crippen molar-refractivity contribution in [2.75, 3.05) is 6.61 Å². The van der Waals surface area contributed by atoms with Crippen LogP contribution in [0.5, 0.6) is 5.75 Å². The molecule has 4 nitrogen and oxygen atoms in total. The summed E-state index contributed by atoms with van der Waals surface area (Å²) in [5, 5.41) is 0. The first kappa shape index (κ1) is 34.4. The number of Topliss-reactive ketones (excluding diaryl/α,β-unsaturated/α-hetero) is 1. The Morgan fingerprint density at radius 3 is 1.40 bits per heavy atom. The maximum atomic E-state index is 15.1. The average molecular weight is 699 g/mol. The lowest BCUT2D eigenvalue weighted by molar-refractivity contribution is 0.0916. The van der Waals surface area contributed by atoms with Crippen LogP contribution < -0.4 is 4.74 Å². The Bertz CT molecular complexity index is 2250. The quantitative estimate of drug-likeness (QED) is 0.0889. The third-order valence-electron chi connectivity index (χ3n) is 9.41. The van der Waals surface area contributed by atoms with Crippen LogP contribution in [0.4, 0.5) is 0 Å². The van der Waals surface area contributed by atoms with E-state index in [1.807, 2.05) is 115 Å². The van der Waals surface area contributed by atoms with Crippen LogP contribution in [0.15, 0.2) is 199 Å². The van der Waals surface area contributed by atoms with Crippen LogP contribution in [0.2, 0.25) is 0 Å². The highest BCUT2D eigenvalue weighted by Crippen LogP contribution is 2.49. The van der Waals surface area contributed by atoms with Crippen molar-refractivity contribution in [3.05, 3.63) is 239 Å². The van der Waals surface area contributed by atoms with Crippen molar-refractivity contribution in [2.45, 2.75) is 22.5 Å². The highest BCUT2D eigenvalue weighted by Gasteiger charge is 2.44. The molecule has 0 radical (unpaired) electrons. The second-order valence-electron chi connectivity index (χ2n) is 12.8. The summed E-state index contributed by atoms with van der Waals surface area (Å²) in [6.45, 7) is -0.353. The minimum Gasteiger partial charge on any atom is -0.485 e.